The van der Waals surface area contributed by atoms with Crippen molar-refractivity contribution >= 4 is 5.91 Å². The van der Waals surface area contributed by atoms with Gasteiger partial charge in [0.15, 0.2) is 0 Å². The molecule has 24 heavy (non-hydrogen) atoms. The Kier molecular flexibility index (Phi) is 3.88. The van der Waals surface area contributed by atoms with Crippen molar-refractivity contribution in [3.05, 3.63) is 54.1 Å². The Balaban J connectivity index is 1.44. The first-order chi connectivity index (χ1) is 11.7. The van der Waals surface area contributed by atoms with Crippen LogP contribution in [0.3, 0.4) is 0 Å². The third-order valence-corrected chi connectivity index (χ3v) is 5.31. The van der Waals surface area contributed by atoms with Crippen LogP contribution in [0, 0.1) is 0 Å². The monoisotopic (exact) mass is 325 g/mol. The molecule has 2 aliphatic rings. The molecule has 1 amide bonds. The number of carbonyl (C=O) groups excluding carboxylic acids is 1. The molecule has 2 atom stereocenters. The quantitative estimate of drug-likeness (QED) is 0.939. The molecule has 0 radical (unpaired) electrons. The second-order valence-corrected chi connectivity index (χ2v) is 6.93. The van der Waals surface area contributed by atoms with Gasteiger partial charge < -0.3 is 14.6 Å². The zero-order valence-corrected chi connectivity index (χ0v) is 13.9. The summed E-state index contributed by atoms with van der Waals surface area (Å²) < 4.78 is 7.88. The molecule has 1 saturated heterocycles. The first-order valence-corrected chi connectivity index (χ1v) is 8.63. The molecule has 126 valence electrons. The van der Waals surface area contributed by atoms with E-state index in [9.17, 15) is 4.79 Å². The lowest BCUT2D eigenvalue weighted by Gasteiger charge is -2.31. The van der Waals surface area contributed by atoms with Crippen molar-refractivity contribution < 1.29 is 9.53 Å². The normalized spacial score (nSPS) is 25.2. The maximum absolute atomic E-state index is 12.9. The number of aromatic nitrogens is 2. The first kappa shape index (κ1) is 15.4. The van der Waals surface area contributed by atoms with Crippen molar-refractivity contribution in [2.24, 2.45) is 7.05 Å². The van der Waals surface area contributed by atoms with E-state index in [-0.39, 0.29) is 23.5 Å². The van der Waals surface area contributed by atoms with Crippen LogP contribution < -0.4 is 5.32 Å². The zero-order valence-electron chi connectivity index (χ0n) is 13.9. The van der Waals surface area contributed by atoms with Crippen molar-refractivity contribution in [2.75, 3.05) is 6.61 Å². The Morgan fingerprint density at radius 3 is 2.79 bits per heavy atom. The van der Waals surface area contributed by atoms with Gasteiger partial charge in [-0.1, -0.05) is 30.3 Å². The Bertz CT molecular complexity index is 721. The Morgan fingerprint density at radius 1 is 1.33 bits per heavy atom. The number of imidazole rings is 1. The summed E-state index contributed by atoms with van der Waals surface area (Å²) in [6.07, 6.45) is 7.19. The summed E-state index contributed by atoms with van der Waals surface area (Å²) in [7, 11) is 1.97. The van der Waals surface area contributed by atoms with Gasteiger partial charge in [-0.3, -0.25) is 4.79 Å². The minimum absolute atomic E-state index is 0.00317. The van der Waals surface area contributed by atoms with E-state index < -0.39 is 0 Å². The summed E-state index contributed by atoms with van der Waals surface area (Å²) in [6.45, 7) is 0.666. The number of ether oxygens (including phenoxy) is 1. The first-order valence-electron chi connectivity index (χ1n) is 8.63. The van der Waals surface area contributed by atoms with Crippen molar-refractivity contribution in [3.63, 3.8) is 0 Å². The molecule has 5 nitrogen and oxygen atoms in total. The average molecular weight is 325 g/mol. The maximum Gasteiger partial charge on any atom is 0.230 e. The molecule has 1 aliphatic heterocycles. The third-order valence-electron chi connectivity index (χ3n) is 5.31. The van der Waals surface area contributed by atoms with Crippen LogP contribution in [0.2, 0.25) is 0 Å². The van der Waals surface area contributed by atoms with Crippen LogP contribution in [0.15, 0.2) is 42.9 Å². The van der Waals surface area contributed by atoms with Crippen LogP contribution in [0.5, 0.6) is 0 Å². The van der Waals surface area contributed by atoms with E-state index >= 15 is 0 Å². The van der Waals surface area contributed by atoms with Crippen molar-refractivity contribution in [1.82, 2.24) is 14.9 Å². The van der Waals surface area contributed by atoms with Gasteiger partial charge in [-0.25, -0.2) is 4.98 Å². The van der Waals surface area contributed by atoms with Crippen LogP contribution in [-0.2, 0) is 22.0 Å². The Morgan fingerprint density at radius 2 is 2.12 bits per heavy atom. The van der Waals surface area contributed by atoms with Gasteiger partial charge in [-0.15, -0.1) is 0 Å². The van der Waals surface area contributed by atoms with E-state index in [2.05, 4.69) is 22.4 Å². The van der Waals surface area contributed by atoms with E-state index in [1.807, 2.05) is 36.0 Å². The number of hydrogen-bond donors (Lipinski definition) is 1. The molecular weight excluding hydrogens is 302 g/mol. The minimum Gasteiger partial charge on any atom is -0.372 e. The Hall–Kier alpha value is -2.14. The van der Waals surface area contributed by atoms with Gasteiger partial charge in [0.2, 0.25) is 5.91 Å². The lowest BCUT2D eigenvalue weighted by atomic mass is 9.93. The number of nitrogens with zero attached hydrogens (tertiary/aromatic N) is 2. The molecule has 5 heteroatoms. The van der Waals surface area contributed by atoms with Gasteiger partial charge >= 0.3 is 0 Å². The summed E-state index contributed by atoms with van der Waals surface area (Å²) in [5, 5.41) is 3.28. The molecule has 2 fully saturated rings. The fraction of sp³-hybridized carbons (Fsp3) is 0.474. The summed E-state index contributed by atoms with van der Waals surface area (Å²) >= 11 is 0. The van der Waals surface area contributed by atoms with Crippen LogP contribution in [0.4, 0.5) is 0 Å². The van der Waals surface area contributed by atoms with Gasteiger partial charge in [-0.2, -0.15) is 0 Å². The highest BCUT2D eigenvalue weighted by molar-refractivity contribution is 5.91. The van der Waals surface area contributed by atoms with Crippen molar-refractivity contribution in [2.45, 2.75) is 43.2 Å². The van der Waals surface area contributed by atoms with Crippen molar-refractivity contribution in [3.8, 4) is 0 Å². The number of benzene rings is 1. The predicted octanol–water partition coefficient (Wildman–Crippen LogP) is 2.49. The second kappa shape index (κ2) is 6.06. The van der Waals surface area contributed by atoms with Gasteiger partial charge in [-0.05, 0) is 31.2 Å². The lowest BCUT2D eigenvalue weighted by Crippen LogP contribution is -2.44. The van der Waals surface area contributed by atoms with Gasteiger partial charge in [0.25, 0.3) is 0 Å². The number of amides is 1. The van der Waals surface area contributed by atoms with E-state index in [1.165, 1.54) is 0 Å². The van der Waals surface area contributed by atoms with Crippen LogP contribution >= 0.6 is 0 Å². The summed E-state index contributed by atoms with van der Waals surface area (Å²) in [6, 6.07) is 10.3. The molecule has 1 aromatic carbocycles. The summed E-state index contributed by atoms with van der Waals surface area (Å²) in [4.78, 5) is 17.1. The molecule has 4 rings (SSSR count). The fourth-order valence-electron chi connectivity index (χ4n) is 3.66. The van der Waals surface area contributed by atoms with Crippen LogP contribution in [-0.4, -0.2) is 28.1 Å². The van der Waals surface area contributed by atoms with Crippen LogP contribution in [0.25, 0.3) is 0 Å². The molecule has 2 aromatic rings. The minimum atomic E-state index is -0.304. The number of nitrogens with one attached hydrogen (secondary N) is 1. The Labute approximate surface area is 142 Å². The standard InChI is InChI=1S/C19H23N3O2/c1-22-13-20-12-16(22)17-11-15(7-10-24-17)21-18(23)19(8-9-19)14-5-3-2-4-6-14/h2-6,12-13,15,17H,7-11H2,1H3,(H,21,23)/t15-,17-/m0/s1. The van der Waals surface area contributed by atoms with E-state index in [0.717, 1.165) is 36.9 Å². The number of carbonyl (C=O) groups is 1. The smallest absolute Gasteiger partial charge is 0.230 e. The topological polar surface area (TPSA) is 56.2 Å². The molecule has 0 spiro atoms. The molecular formula is C19H23N3O2. The molecule has 0 bridgehead atoms. The SMILES string of the molecule is Cn1cncc1[C@@H]1C[C@@H](NC(=O)C2(c3ccccc3)CC2)CCO1. The van der Waals surface area contributed by atoms with E-state index in [0.29, 0.717) is 6.61 Å². The molecule has 1 aromatic heterocycles. The molecule has 1 saturated carbocycles. The number of rotatable bonds is 4. The van der Waals surface area contributed by atoms with Gasteiger partial charge in [0.05, 0.1) is 23.6 Å². The highest BCUT2D eigenvalue weighted by atomic mass is 16.5. The third kappa shape index (κ3) is 2.73. The predicted molar refractivity (Wildman–Crippen MR) is 90.4 cm³/mol. The van der Waals surface area contributed by atoms with Crippen molar-refractivity contribution in [1.29, 1.82) is 0 Å². The zero-order chi connectivity index (χ0) is 16.6. The lowest BCUT2D eigenvalue weighted by molar-refractivity contribution is -0.125. The molecule has 1 N–H and O–H groups in total. The summed E-state index contributed by atoms with van der Waals surface area (Å²) in [5.41, 5.74) is 1.90. The number of aryl methyl sites for hydroxylation is 1. The number of hydrogen-bond acceptors (Lipinski definition) is 3. The molecule has 1 aliphatic carbocycles. The van der Waals surface area contributed by atoms with Crippen LogP contribution in [0.1, 0.15) is 43.0 Å². The average Bonchev–Trinajstić information content (AvgIpc) is 3.32. The largest absolute Gasteiger partial charge is 0.372 e. The fourth-order valence-corrected chi connectivity index (χ4v) is 3.66. The maximum atomic E-state index is 12.9. The van der Waals surface area contributed by atoms with Gasteiger partial charge in [0, 0.05) is 19.7 Å². The molecule has 0 unspecified atom stereocenters. The van der Waals surface area contributed by atoms with Gasteiger partial charge in [0.1, 0.15) is 6.10 Å². The summed E-state index contributed by atoms with van der Waals surface area (Å²) in [5.74, 6) is 0.171. The highest BCUT2D eigenvalue weighted by Crippen LogP contribution is 2.48. The van der Waals surface area contributed by atoms with E-state index in [1.54, 1.807) is 6.33 Å². The second-order valence-electron chi connectivity index (χ2n) is 6.93. The van der Waals surface area contributed by atoms with E-state index in [4.69, 9.17) is 4.74 Å². The highest BCUT2D eigenvalue weighted by Gasteiger charge is 2.51. The molecule has 2 heterocycles.